The molecular weight excluding hydrogens is 364 g/mol. The SMILES string of the molecule is CCOC(=O)COc1ccc2c(=O)c(Oc3ccc(OC)cc3)c(C)oc2c1. The second-order valence-corrected chi connectivity index (χ2v) is 5.85. The van der Waals surface area contributed by atoms with Crippen molar-refractivity contribution in [1.82, 2.24) is 0 Å². The van der Waals surface area contributed by atoms with Crippen molar-refractivity contribution in [3.8, 4) is 23.0 Å². The highest BCUT2D eigenvalue weighted by molar-refractivity contribution is 5.80. The molecule has 7 heteroatoms. The van der Waals surface area contributed by atoms with Gasteiger partial charge in [-0.1, -0.05) is 0 Å². The molecule has 0 saturated carbocycles. The Kier molecular flexibility index (Phi) is 5.84. The van der Waals surface area contributed by atoms with Gasteiger partial charge in [0.1, 0.15) is 28.6 Å². The standard InChI is InChI=1S/C21H20O7/c1-4-25-19(22)12-26-16-9-10-17-18(11-16)27-13(2)21(20(17)23)28-15-7-5-14(24-3)6-8-15/h5-11H,4,12H2,1-3H3. The molecule has 2 aromatic carbocycles. The maximum absolute atomic E-state index is 12.8. The molecule has 0 amide bonds. The minimum atomic E-state index is -0.469. The zero-order valence-corrected chi connectivity index (χ0v) is 15.8. The Morgan fingerprint density at radius 3 is 2.39 bits per heavy atom. The summed E-state index contributed by atoms with van der Waals surface area (Å²) in [6, 6.07) is 11.6. The number of ether oxygens (including phenoxy) is 4. The Bertz CT molecular complexity index is 1040. The fourth-order valence-electron chi connectivity index (χ4n) is 2.58. The average Bonchev–Trinajstić information content (AvgIpc) is 2.70. The number of hydrogen-bond acceptors (Lipinski definition) is 7. The van der Waals surface area contributed by atoms with Crippen LogP contribution in [-0.2, 0) is 9.53 Å². The lowest BCUT2D eigenvalue weighted by Crippen LogP contribution is -2.14. The molecule has 0 unspecified atom stereocenters. The lowest BCUT2D eigenvalue weighted by Gasteiger charge is -2.10. The van der Waals surface area contributed by atoms with Crippen molar-refractivity contribution >= 4 is 16.9 Å². The zero-order chi connectivity index (χ0) is 20.1. The van der Waals surface area contributed by atoms with Crippen molar-refractivity contribution in [2.24, 2.45) is 0 Å². The highest BCUT2D eigenvalue weighted by Crippen LogP contribution is 2.28. The van der Waals surface area contributed by atoms with E-state index in [0.29, 0.717) is 34.0 Å². The van der Waals surface area contributed by atoms with Crippen LogP contribution in [0.5, 0.6) is 23.0 Å². The van der Waals surface area contributed by atoms with E-state index in [0.717, 1.165) is 0 Å². The number of esters is 1. The van der Waals surface area contributed by atoms with E-state index in [1.165, 1.54) is 0 Å². The van der Waals surface area contributed by atoms with Gasteiger partial charge in [-0.15, -0.1) is 0 Å². The molecule has 0 spiro atoms. The molecule has 146 valence electrons. The van der Waals surface area contributed by atoms with Crippen LogP contribution < -0.4 is 19.6 Å². The molecule has 3 rings (SSSR count). The van der Waals surface area contributed by atoms with Crippen LogP contribution in [0.2, 0.25) is 0 Å². The van der Waals surface area contributed by atoms with Crippen LogP contribution >= 0.6 is 0 Å². The Hall–Kier alpha value is -3.48. The van der Waals surface area contributed by atoms with E-state index in [-0.39, 0.29) is 24.4 Å². The first kappa shape index (κ1) is 19.3. The highest BCUT2D eigenvalue weighted by atomic mass is 16.6. The molecule has 0 N–H and O–H groups in total. The lowest BCUT2D eigenvalue weighted by atomic mass is 10.2. The summed E-state index contributed by atoms with van der Waals surface area (Å²) in [7, 11) is 1.57. The van der Waals surface area contributed by atoms with Crippen LogP contribution in [0.25, 0.3) is 11.0 Å². The molecule has 0 atom stereocenters. The topological polar surface area (TPSA) is 84.2 Å². The summed E-state index contributed by atoms with van der Waals surface area (Å²) >= 11 is 0. The Morgan fingerprint density at radius 1 is 1.04 bits per heavy atom. The number of hydrogen-bond donors (Lipinski definition) is 0. The van der Waals surface area contributed by atoms with Crippen molar-refractivity contribution in [3.63, 3.8) is 0 Å². The molecule has 0 saturated heterocycles. The van der Waals surface area contributed by atoms with Crippen LogP contribution in [-0.4, -0.2) is 26.3 Å². The molecule has 0 bridgehead atoms. The summed E-state index contributed by atoms with van der Waals surface area (Å²) < 4.78 is 26.8. The molecule has 0 aliphatic carbocycles. The van der Waals surface area contributed by atoms with Gasteiger partial charge in [0.25, 0.3) is 0 Å². The van der Waals surface area contributed by atoms with Gasteiger partial charge in [-0.25, -0.2) is 4.79 Å². The van der Waals surface area contributed by atoms with Crippen LogP contribution in [0.4, 0.5) is 0 Å². The second kappa shape index (κ2) is 8.47. The number of fused-ring (bicyclic) bond motifs is 1. The van der Waals surface area contributed by atoms with Gasteiger partial charge in [0, 0.05) is 6.07 Å². The first-order chi connectivity index (χ1) is 13.5. The summed E-state index contributed by atoms with van der Waals surface area (Å²) in [5, 5.41) is 0.345. The van der Waals surface area contributed by atoms with Crippen LogP contribution in [0, 0.1) is 6.92 Å². The van der Waals surface area contributed by atoms with E-state index in [1.54, 1.807) is 63.4 Å². The Labute approximate surface area is 161 Å². The molecule has 28 heavy (non-hydrogen) atoms. The van der Waals surface area contributed by atoms with E-state index < -0.39 is 5.97 Å². The molecule has 0 fully saturated rings. The van der Waals surface area contributed by atoms with Crippen molar-refractivity contribution in [2.75, 3.05) is 20.3 Å². The second-order valence-electron chi connectivity index (χ2n) is 5.85. The maximum atomic E-state index is 12.8. The van der Waals surface area contributed by atoms with Gasteiger partial charge >= 0.3 is 5.97 Å². The third kappa shape index (κ3) is 4.25. The van der Waals surface area contributed by atoms with Crippen molar-refractivity contribution < 1.29 is 28.2 Å². The number of rotatable bonds is 7. The van der Waals surface area contributed by atoms with Crippen molar-refractivity contribution in [3.05, 3.63) is 58.4 Å². The monoisotopic (exact) mass is 384 g/mol. The molecule has 3 aromatic rings. The van der Waals surface area contributed by atoms with Crippen molar-refractivity contribution in [1.29, 1.82) is 0 Å². The molecule has 1 heterocycles. The quantitative estimate of drug-likeness (QED) is 0.572. The summed E-state index contributed by atoms with van der Waals surface area (Å²) in [6.07, 6.45) is 0. The summed E-state index contributed by atoms with van der Waals surface area (Å²) in [6.45, 7) is 3.43. The molecule has 0 aliphatic heterocycles. The highest BCUT2D eigenvalue weighted by Gasteiger charge is 2.15. The van der Waals surface area contributed by atoms with E-state index in [1.807, 2.05) is 0 Å². The number of carbonyl (C=O) groups excluding carboxylic acids is 1. The number of carbonyl (C=O) groups is 1. The minimum Gasteiger partial charge on any atom is -0.497 e. The van der Waals surface area contributed by atoms with E-state index in [2.05, 4.69) is 0 Å². The fraction of sp³-hybridized carbons (Fsp3) is 0.238. The fourth-order valence-corrected chi connectivity index (χ4v) is 2.58. The van der Waals surface area contributed by atoms with Gasteiger partial charge < -0.3 is 23.4 Å². The van der Waals surface area contributed by atoms with Crippen LogP contribution in [0.3, 0.4) is 0 Å². The van der Waals surface area contributed by atoms with E-state index in [4.69, 9.17) is 23.4 Å². The summed E-state index contributed by atoms with van der Waals surface area (Å²) in [5.74, 6) is 1.54. The smallest absolute Gasteiger partial charge is 0.344 e. The first-order valence-electron chi connectivity index (χ1n) is 8.69. The third-order valence-electron chi connectivity index (χ3n) is 3.93. The lowest BCUT2D eigenvalue weighted by molar-refractivity contribution is -0.145. The van der Waals surface area contributed by atoms with Gasteiger partial charge in [-0.05, 0) is 50.2 Å². The summed E-state index contributed by atoms with van der Waals surface area (Å²) in [5.41, 5.74) is 0.0393. The largest absolute Gasteiger partial charge is 0.497 e. The Morgan fingerprint density at radius 2 is 1.71 bits per heavy atom. The van der Waals surface area contributed by atoms with E-state index in [9.17, 15) is 9.59 Å². The molecule has 1 aromatic heterocycles. The Balaban J connectivity index is 1.86. The number of methoxy groups -OCH3 is 1. The van der Waals surface area contributed by atoms with Crippen LogP contribution in [0.1, 0.15) is 12.7 Å². The third-order valence-corrected chi connectivity index (χ3v) is 3.93. The summed E-state index contributed by atoms with van der Waals surface area (Å²) in [4.78, 5) is 24.2. The number of benzene rings is 2. The molecule has 0 radical (unpaired) electrons. The molecular formula is C21H20O7. The van der Waals surface area contributed by atoms with Gasteiger partial charge in [0.15, 0.2) is 6.61 Å². The first-order valence-corrected chi connectivity index (χ1v) is 8.69. The van der Waals surface area contributed by atoms with Gasteiger partial charge in [-0.2, -0.15) is 0 Å². The normalized spacial score (nSPS) is 10.5. The van der Waals surface area contributed by atoms with Gasteiger partial charge in [0.2, 0.25) is 11.2 Å². The van der Waals surface area contributed by atoms with Gasteiger partial charge in [0.05, 0.1) is 19.1 Å². The predicted octanol–water partition coefficient (Wildman–Crippen LogP) is 3.84. The molecule has 7 nitrogen and oxygen atoms in total. The van der Waals surface area contributed by atoms with Gasteiger partial charge in [-0.3, -0.25) is 4.79 Å². The average molecular weight is 384 g/mol. The zero-order valence-electron chi connectivity index (χ0n) is 15.8. The molecule has 0 aliphatic rings. The van der Waals surface area contributed by atoms with Crippen LogP contribution in [0.15, 0.2) is 51.7 Å². The predicted molar refractivity (Wildman–Crippen MR) is 102 cm³/mol. The number of aryl methyl sites for hydroxylation is 1. The maximum Gasteiger partial charge on any atom is 0.344 e. The minimum absolute atomic E-state index is 0.109. The van der Waals surface area contributed by atoms with E-state index >= 15 is 0 Å². The van der Waals surface area contributed by atoms with Crippen molar-refractivity contribution in [2.45, 2.75) is 13.8 Å².